The smallest absolute Gasteiger partial charge is 0.244 e. The van der Waals surface area contributed by atoms with Crippen LogP contribution in [0.4, 0.5) is 5.69 Å². The number of hydrogen-bond acceptors (Lipinski definition) is 3. The third-order valence-electron chi connectivity index (χ3n) is 2.15. The Kier molecular flexibility index (Phi) is 1.55. The number of aromatic amines is 1. The van der Waals surface area contributed by atoms with Gasteiger partial charge in [-0.05, 0) is 12.8 Å². The summed E-state index contributed by atoms with van der Waals surface area (Å²) in [7, 11) is 0. The number of carbonyl (C=O) groups excluding carboxylic acids is 1. The highest BCUT2D eigenvalue weighted by Gasteiger charge is 2.50. The molecule has 0 atom stereocenters. The van der Waals surface area contributed by atoms with E-state index in [0.717, 1.165) is 0 Å². The first kappa shape index (κ1) is 7.80. The Balaban J connectivity index is 2.05. The normalized spacial score (nSPS) is 17.5. The molecule has 0 radical (unpaired) electrons. The van der Waals surface area contributed by atoms with Crippen LogP contribution in [0.15, 0.2) is 12.4 Å². The molecule has 0 bridgehead atoms. The van der Waals surface area contributed by atoms with Crippen LogP contribution in [0, 0.1) is 16.7 Å². The number of carbonyl (C=O) groups is 1. The van der Waals surface area contributed by atoms with E-state index in [1.165, 1.54) is 6.20 Å². The van der Waals surface area contributed by atoms with Gasteiger partial charge >= 0.3 is 0 Å². The number of H-pyrrole nitrogens is 1. The maximum Gasteiger partial charge on any atom is 0.244 e. The second-order valence-electron chi connectivity index (χ2n) is 3.14. The topological polar surface area (TPSA) is 81.6 Å². The molecule has 1 aliphatic rings. The Bertz CT molecular complexity index is 358. The SMILES string of the molecule is N#CC1(C(=O)Nc2cn[nH]c2)CC1. The van der Waals surface area contributed by atoms with Gasteiger partial charge in [0.25, 0.3) is 0 Å². The Morgan fingerprint density at radius 3 is 3.00 bits per heavy atom. The van der Waals surface area contributed by atoms with E-state index in [2.05, 4.69) is 15.5 Å². The molecule has 0 unspecified atom stereocenters. The van der Waals surface area contributed by atoms with E-state index in [0.29, 0.717) is 18.5 Å². The zero-order chi connectivity index (χ0) is 9.31. The average molecular weight is 176 g/mol. The minimum atomic E-state index is -0.767. The summed E-state index contributed by atoms with van der Waals surface area (Å²) in [5.74, 6) is -0.226. The second-order valence-corrected chi connectivity index (χ2v) is 3.14. The largest absolute Gasteiger partial charge is 0.322 e. The minimum absolute atomic E-state index is 0.226. The summed E-state index contributed by atoms with van der Waals surface area (Å²) >= 11 is 0. The molecule has 0 aromatic carbocycles. The first-order chi connectivity index (χ1) is 6.27. The van der Waals surface area contributed by atoms with E-state index in [4.69, 9.17) is 5.26 Å². The van der Waals surface area contributed by atoms with Crippen molar-refractivity contribution in [2.45, 2.75) is 12.8 Å². The molecule has 13 heavy (non-hydrogen) atoms. The van der Waals surface area contributed by atoms with Gasteiger partial charge in [-0.25, -0.2) is 0 Å². The lowest BCUT2D eigenvalue weighted by molar-refractivity contribution is -0.119. The fourth-order valence-electron chi connectivity index (χ4n) is 1.08. The Morgan fingerprint density at radius 1 is 1.77 bits per heavy atom. The fraction of sp³-hybridized carbons (Fsp3) is 0.375. The van der Waals surface area contributed by atoms with E-state index >= 15 is 0 Å². The van der Waals surface area contributed by atoms with Gasteiger partial charge in [-0.2, -0.15) is 10.4 Å². The lowest BCUT2D eigenvalue weighted by atomic mass is 10.1. The van der Waals surface area contributed by atoms with Gasteiger partial charge in [-0.3, -0.25) is 9.89 Å². The van der Waals surface area contributed by atoms with Crippen LogP contribution >= 0.6 is 0 Å². The van der Waals surface area contributed by atoms with Gasteiger partial charge in [0.1, 0.15) is 5.41 Å². The van der Waals surface area contributed by atoms with Crippen LogP contribution in [0.25, 0.3) is 0 Å². The first-order valence-corrected chi connectivity index (χ1v) is 3.98. The van der Waals surface area contributed by atoms with Gasteiger partial charge in [0.05, 0.1) is 18.0 Å². The molecule has 1 saturated carbocycles. The molecule has 0 saturated heterocycles. The summed E-state index contributed by atoms with van der Waals surface area (Å²) < 4.78 is 0. The van der Waals surface area contributed by atoms with Crippen LogP contribution in [0.3, 0.4) is 0 Å². The van der Waals surface area contributed by atoms with Gasteiger partial charge in [-0.15, -0.1) is 0 Å². The van der Waals surface area contributed by atoms with E-state index in [1.54, 1.807) is 6.20 Å². The number of anilines is 1. The maximum atomic E-state index is 11.5. The zero-order valence-corrected chi connectivity index (χ0v) is 6.87. The molecular weight excluding hydrogens is 168 g/mol. The minimum Gasteiger partial charge on any atom is -0.322 e. The molecule has 1 heterocycles. The number of rotatable bonds is 2. The molecule has 0 spiro atoms. The number of aromatic nitrogens is 2. The van der Waals surface area contributed by atoms with Crippen molar-refractivity contribution in [2.24, 2.45) is 5.41 Å². The number of nitriles is 1. The molecular formula is C8H8N4O. The van der Waals surface area contributed by atoms with Crippen LogP contribution in [0.5, 0.6) is 0 Å². The molecule has 1 aromatic heterocycles. The van der Waals surface area contributed by atoms with E-state index < -0.39 is 5.41 Å². The van der Waals surface area contributed by atoms with Crippen molar-refractivity contribution in [3.05, 3.63) is 12.4 Å². The highest BCUT2D eigenvalue weighted by Crippen LogP contribution is 2.45. The van der Waals surface area contributed by atoms with E-state index in [-0.39, 0.29) is 5.91 Å². The lowest BCUT2D eigenvalue weighted by Crippen LogP contribution is -2.22. The maximum absolute atomic E-state index is 11.5. The van der Waals surface area contributed by atoms with Gasteiger partial charge in [-0.1, -0.05) is 0 Å². The molecule has 0 aliphatic heterocycles. The molecule has 5 heteroatoms. The van der Waals surface area contributed by atoms with Gasteiger partial charge < -0.3 is 5.32 Å². The second kappa shape index (κ2) is 2.59. The number of amides is 1. The molecule has 66 valence electrons. The summed E-state index contributed by atoms with van der Waals surface area (Å²) in [5.41, 5.74) is -0.163. The van der Waals surface area contributed by atoms with Crippen molar-refractivity contribution in [1.82, 2.24) is 10.2 Å². The van der Waals surface area contributed by atoms with Gasteiger partial charge in [0.15, 0.2) is 0 Å². The van der Waals surface area contributed by atoms with Crippen molar-refractivity contribution in [1.29, 1.82) is 5.26 Å². The van der Waals surface area contributed by atoms with Crippen LogP contribution in [-0.4, -0.2) is 16.1 Å². The Morgan fingerprint density at radius 2 is 2.54 bits per heavy atom. The first-order valence-electron chi connectivity index (χ1n) is 3.98. The van der Waals surface area contributed by atoms with Crippen molar-refractivity contribution < 1.29 is 4.79 Å². The van der Waals surface area contributed by atoms with E-state index in [1.807, 2.05) is 6.07 Å². The van der Waals surface area contributed by atoms with Crippen molar-refractivity contribution >= 4 is 11.6 Å². The highest BCUT2D eigenvalue weighted by molar-refractivity contribution is 5.98. The molecule has 1 aromatic rings. The molecule has 2 N–H and O–H groups in total. The summed E-state index contributed by atoms with van der Waals surface area (Å²) in [6.07, 6.45) is 4.40. The van der Waals surface area contributed by atoms with Gasteiger partial charge in [0.2, 0.25) is 5.91 Å². The van der Waals surface area contributed by atoms with Crippen molar-refractivity contribution in [3.63, 3.8) is 0 Å². The van der Waals surface area contributed by atoms with Crippen LogP contribution < -0.4 is 5.32 Å². The third-order valence-corrected chi connectivity index (χ3v) is 2.15. The van der Waals surface area contributed by atoms with Crippen LogP contribution in [0.1, 0.15) is 12.8 Å². The number of hydrogen-bond donors (Lipinski definition) is 2. The van der Waals surface area contributed by atoms with Crippen molar-refractivity contribution in [2.75, 3.05) is 5.32 Å². The molecule has 1 fully saturated rings. The number of nitrogens with one attached hydrogen (secondary N) is 2. The number of nitrogens with zero attached hydrogens (tertiary/aromatic N) is 2. The Hall–Kier alpha value is -1.83. The summed E-state index contributed by atoms with van der Waals surface area (Å²) in [5, 5.41) is 17.6. The van der Waals surface area contributed by atoms with Crippen LogP contribution in [-0.2, 0) is 4.79 Å². The van der Waals surface area contributed by atoms with Gasteiger partial charge in [0, 0.05) is 6.20 Å². The fourth-order valence-corrected chi connectivity index (χ4v) is 1.08. The monoisotopic (exact) mass is 176 g/mol. The zero-order valence-electron chi connectivity index (χ0n) is 6.87. The third kappa shape index (κ3) is 1.26. The van der Waals surface area contributed by atoms with Crippen molar-refractivity contribution in [3.8, 4) is 6.07 Å². The molecule has 1 aliphatic carbocycles. The average Bonchev–Trinajstić information content (AvgIpc) is 2.79. The van der Waals surface area contributed by atoms with Crippen LogP contribution in [0.2, 0.25) is 0 Å². The quantitative estimate of drug-likeness (QED) is 0.694. The summed E-state index contributed by atoms with van der Waals surface area (Å²) in [4.78, 5) is 11.5. The lowest BCUT2D eigenvalue weighted by Gasteiger charge is -2.04. The molecule has 1 amide bonds. The standard InChI is InChI=1S/C8H8N4O/c9-5-8(1-2-8)7(13)12-6-3-10-11-4-6/h3-4H,1-2H2,(H,10,11)(H,12,13). The Labute approximate surface area is 74.8 Å². The highest BCUT2D eigenvalue weighted by atomic mass is 16.2. The summed E-state index contributed by atoms with van der Waals surface area (Å²) in [6, 6.07) is 2.02. The molecule has 2 rings (SSSR count). The van der Waals surface area contributed by atoms with E-state index in [9.17, 15) is 4.79 Å². The predicted molar refractivity (Wildman–Crippen MR) is 44.5 cm³/mol. The molecule has 5 nitrogen and oxygen atoms in total. The predicted octanol–water partition coefficient (Wildman–Crippen LogP) is 0.652. The summed E-state index contributed by atoms with van der Waals surface area (Å²) in [6.45, 7) is 0.